The van der Waals surface area contributed by atoms with Crippen LogP contribution in [0.4, 0.5) is 4.39 Å². The van der Waals surface area contributed by atoms with E-state index >= 15 is 0 Å². The number of carbonyl (C=O) groups excluding carboxylic acids is 2. The largest absolute Gasteiger partial charge is 0.349 e. The Balaban J connectivity index is 2.32. The first-order valence-electron chi connectivity index (χ1n) is 6.64. The van der Waals surface area contributed by atoms with Crippen LogP contribution >= 0.6 is 0 Å². The van der Waals surface area contributed by atoms with E-state index in [1.165, 1.54) is 13.0 Å². The summed E-state index contributed by atoms with van der Waals surface area (Å²) in [5.74, 6) is -0.811. The van der Waals surface area contributed by atoms with Crippen LogP contribution in [-0.4, -0.2) is 11.7 Å². The third kappa shape index (κ3) is 3.19. The molecule has 4 heteroatoms. The van der Waals surface area contributed by atoms with Crippen LogP contribution in [0.1, 0.15) is 44.2 Å². The molecule has 0 aliphatic heterocycles. The molecule has 0 radical (unpaired) electrons. The zero-order valence-corrected chi connectivity index (χ0v) is 11.0. The van der Waals surface area contributed by atoms with E-state index in [9.17, 15) is 14.0 Å². The maximum absolute atomic E-state index is 13.9. The maximum atomic E-state index is 13.9. The van der Waals surface area contributed by atoms with Crippen LogP contribution in [0.25, 0.3) is 0 Å². The van der Waals surface area contributed by atoms with Crippen molar-refractivity contribution < 1.29 is 14.0 Å². The molecule has 0 unspecified atom stereocenters. The molecule has 1 fully saturated rings. The van der Waals surface area contributed by atoms with Crippen LogP contribution in [0.2, 0.25) is 0 Å². The van der Waals surface area contributed by atoms with Gasteiger partial charge in [-0.2, -0.15) is 0 Å². The molecule has 1 aromatic rings. The molecule has 1 saturated carbocycles. The molecule has 1 amide bonds. The van der Waals surface area contributed by atoms with Gasteiger partial charge in [0, 0.05) is 24.8 Å². The van der Waals surface area contributed by atoms with Gasteiger partial charge in [0.2, 0.25) is 5.91 Å². The summed E-state index contributed by atoms with van der Waals surface area (Å²) in [6.45, 7) is 1.39. The molecule has 1 N–H and O–H groups in total. The zero-order chi connectivity index (χ0) is 13.8. The summed E-state index contributed by atoms with van der Waals surface area (Å²) in [4.78, 5) is 23.4. The van der Waals surface area contributed by atoms with Crippen LogP contribution in [0, 0.1) is 11.7 Å². The Bertz CT molecular complexity index is 487. The van der Waals surface area contributed by atoms with E-state index in [0.29, 0.717) is 18.4 Å². The Morgan fingerprint density at radius 2 is 2.11 bits per heavy atom. The molecule has 1 aromatic carbocycles. The summed E-state index contributed by atoms with van der Waals surface area (Å²) < 4.78 is 13.9. The Hall–Kier alpha value is -1.71. The first-order chi connectivity index (χ1) is 9.09. The summed E-state index contributed by atoms with van der Waals surface area (Å²) in [7, 11) is 0. The van der Waals surface area contributed by atoms with Crippen LogP contribution < -0.4 is 5.32 Å². The minimum absolute atomic E-state index is 0.119. The number of hydrogen-bond acceptors (Lipinski definition) is 2. The molecule has 2 rings (SSSR count). The molecule has 0 bridgehead atoms. The summed E-state index contributed by atoms with van der Waals surface area (Å²) >= 11 is 0. The molecule has 0 saturated heterocycles. The van der Waals surface area contributed by atoms with E-state index in [0.717, 1.165) is 12.8 Å². The van der Waals surface area contributed by atoms with E-state index in [1.807, 2.05) is 0 Å². The van der Waals surface area contributed by atoms with Crippen molar-refractivity contribution in [3.8, 4) is 0 Å². The first kappa shape index (κ1) is 13.7. The molecule has 1 aliphatic carbocycles. The molecule has 19 heavy (non-hydrogen) atoms. The van der Waals surface area contributed by atoms with Crippen molar-refractivity contribution in [1.82, 2.24) is 5.32 Å². The molecule has 0 heterocycles. The van der Waals surface area contributed by atoms with Gasteiger partial charge in [-0.25, -0.2) is 4.39 Å². The quantitative estimate of drug-likeness (QED) is 0.911. The number of ketones is 1. The fourth-order valence-electron chi connectivity index (χ4n) is 2.70. The fraction of sp³-hybridized carbons (Fsp3) is 0.467. The predicted octanol–water partition coefficient (Wildman–Crippen LogP) is 2.76. The normalized spacial score (nSPS) is 20.9. The summed E-state index contributed by atoms with van der Waals surface area (Å²) in [6, 6.07) is 5.77. The second kappa shape index (κ2) is 5.95. The Morgan fingerprint density at radius 3 is 2.74 bits per heavy atom. The van der Waals surface area contributed by atoms with Crippen molar-refractivity contribution >= 4 is 11.7 Å². The number of Topliss-reactive ketones (excluding diaryl/α,β-unsaturated/α-hetero) is 1. The number of halogens is 1. The topological polar surface area (TPSA) is 46.2 Å². The molecule has 2 atom stereocenters. The second-order valence-electron chi connectivity index (χ2n) is 5.02. The average Bonchev–Trinajstić information content (AvgIpc) is 2.37. The van der Waals surface area contributed by atoms with Crippen LogP contribution in [0.15, 0.2) is 24.3 Å². The monoisotopic (exact) mass is 263 g/mol. The fourth-order valence-corrected chi connectivity index (χ4v) is 2.70. The van der Waals surface area contributed by atoms with Gasteiger partial charge in [0.25, 0.3) is 0 Å². The van der Waals surface area contributed by atoms with Gasteiger partial charge in [0.15, 0.2) is 0 Å². The van der Waals surface area contributed by atoms with Crippen LogP contribution in [-0.2, 0) is 9.59 Å². The third-order valence-electron chi connectivity index (χ3n) is 3.60. The van der Waals surface area contributed by atoms with Gasteiger partial charge < -0.3 is 5.32 Å². The predicted molar refractivity (Wildman–Crippen MR) is 69.9 cm³/mol. The molecular formula is C15H18FNO2. The van der Waals surface area contributed by atoms with Gasteiger partial charge >= 0.3 is 0 Å². The Labute approximate surface area is 112 Å². The number of rotatable bonds is 3. The highest BCUT2D eigenvalue weighted by molar-refractivity contribution is 5.83. The van der Waals surface area contributed by atoms with E-state index in [4.69, 9.17) is 0 Å². The summed E-state index contributed by atoms with van der Waals surface area (Å²) in [5.41, 5.74) is 0.401. The number of carbonyl (C=O) groups is 2. The number of hydrogen-bond donors (Lipinski definition) is 1. The van der Waals surface area contributed by atoms with E-state index in [-0.39, 0.29) is 23.4 Å². The van der Waals surface area contributed by atoms with E-state index < -0.39 is 6.04 Å². The molecule has 0 aromatic heterocycles. The molecule has 3 nitrogen and oxygen atoms in total. The minimum Gasteiger partial charge on any atom is -0.349 e. The molecule has 0 spiro atoms. The van der Waals surface area contributed by atoms with Crippen LogP contribution in [0.3, 0.4) is 0 Å². The lowest BCUT2D eigenvalue weighted by Gasteiger charge is -2.30. The van der Waals surface area contributed by atoms with Gasteiger partial charge in [-0.3, -0.25) is 9.59 Å². The van der Waals surface area contributed by atoms with Crippen molar-refractivity contribution in [3.63, 3.8) is 0 Å². The average molecular weight is 263 g/mol. The second-order valence-corrected chi connectivity index (χ2v) is 5.02. The minimum atomic E-state index is -0.550. The van der Waals surface area contributed by atoms with Crippen molar-refractivity contribution in [2.75, 3.05) is 0 Å². The Kier molecular flexibility index (Phi) is 4.30. The summed E-state index contributed by atoms with van der Waals surface area (Å²) in [6.07, 6.45) is 3.06. The van der Waals surface area contributed by atoms with E-state index in [1.54, 1.807) is 18.2 Å². The highest BCUT2D eigenvalue weighted by Gasteiger charge is 2.33. The van der Waals surface area contributed by atoms with Gasteiger partial charge in [-0.1, -0.05) is 24.6 Å². The Morgan fingerprint density at radius 1 is 1.37 bits per heavy atom. The molecule has 102 valence electrons. The SMILES string of the molecule is CC(=O)N[C@H](c1ccccc1F)[C@@H]1CCCCC1=O. The highest BCUT2D eigenvalue weighted by atomic mass is 19.1. The lowest BCUT2D eigenvalue weighted by atomic mass is 9.80. The van der Waals surface area contributed by atoms with Crippen molar-refractivity contribution in [2.24, 2.45) is 5.92 Å². The van der Waals surface area contributed by atoms with Gasteiger partial charge in [-0.05, 0) is 18.9 Å². The van der Waals surface area contributed by atoms with Gasteiger partial charge in [-0.15, -0.1) is 0 Å². The van der Waals surface area contributed by atoms with Crippen LogP contribution in [0.5, 0.6) is 0 Å². The molecular weight excluding hydrogens is 245 g/mol. The standard InChI is InChI=1S/C15H18FNO2/c1-10(18)17-15(11-6-2-4-8-13(11)16)12-7-3-5-9-14(12)19/h2,4,6,8,12,15H,3,5,7,9H2,1H3,(H,17,18)/t12-,15-/m1/s1. The zero-order valence-electron chi connectivity index (χ0n) is 11.0. The van der Waals surface area contributed by atoms with Gasteiger partial charge in [0.1, 0.15) is 11.6 Å². The highest BCUT2D eigenvalue weighted by Crippen LogP contribution is 2.33. The lowest BCUT2D eigenvalue weighted by Crippen LogP contribution is -2.37. The third-order valence-corrected chi connectivity index (χ3v) is 3.60. The summed E-state index contributed by atoms with van der Waals surface area (Å²) in [5, 5.41) is 2.74. The lowest BCUT2D eigenvalue weighted by molar-refractivity contribution is -0.127. The smallest absolute Gasteiger partial charge is 0.217 e. The van der Waals surface area contributed by atoms with Crippen molar-refractivity contribution in [3.05, 3.63) is 35.6 Å². The maximum Gasteiger partial charge on any atom is 0.217 e. The van der Waals surface area contributed by atoms with Gasteiger partial charge in [0.05, 0.1) is 6.04 Å². The van der Waals surface area contributed by atoms with Crippen molar-refractivity contribution in [2.45, 2.75) is 38.6 Å². The number of amides is 1. The number of benzene rings is 1. The molecule has 1 aliphatic rings. The number of nitrogens with one attached hydrogen (secondary N) is 1. The van der Waals surface area contributed by atoms with E-state index in [2.05, 4.69) is 5.32 Å². The van der Waals surface area contributed by atoms with Crippen molar-refractivity contribution in [1.29, 1.82) is 0 Å². The first-order valence-corrected chi connectivity index (χ1v) is 6.64.